The molecule has 1 fully saturated rings. The maximum Gasteiger partial charge on any atom is 0.335 e. The second-order valence-electron chi connectivity index (χ2n) is 5.19. The summed E-state index contributed by atoms with van der Waals surface area (Å²) in [7, 11) is 0. The average Bonchev–Trinajstić information content (AvgIpc) is 2.49. The first-order valence-electron chi connectivity index (χ1n) is 6.69. The van der Waals surface area contributed by atoms with Gasteiger partial charge in [-0.3, -0.25) is 0 Å². The second kappa shape index (κ2) is 8.08. The normalized spacial score (nSPS) is 36.7. The average molecular weight is 340 g/mol. The van der Waals surface area contributed by atoms with E-state index in [1.54, 1.807) is 0 Å². The molecule has 9 atom stereocenters. The summed E-state index contributed by atoms with van der Waals surface area (Å²) in [5, 5.41) is 66.4. The maximum atomic E-state index is 11.0. The third-order valence-corrected chi connectivity index (χ3v) is 3.41. The van der Waals surface area contributed by atoms with Crippen LogP contribution in [0.4, 0.5) is 0 Å². The molecule has 1 unspecified atom stereocenters. The zero-order valence-corrected chi connectivity index (χ0v) is 12.0. The Balaban J connectivity index is 2.93. The first-order chi connectivity index (χ1) is 10.6. The van der Waals surface area contributed by atoms with Gasteiger partial charge in [0.1, 0.15) is 36.6 Å². The molecule has 134 valence electrons. The number of carbonyl (C=O) groups excluding carboxylic acids is 1. The van der Waals surface area contributed by atoms with E-state index >= 15 is 0 Å². The van der Waals surface area contributed by atoms with Crippen LogP contribution in [0.2, 0.25) is 0 Å². The van der Waals surface area contributed by atoms with Crippen LogP contribution in [0, 0.1) is 0 Å². The van der Waals surface area contributed by atoms with Crippen LogP contribution in [-0.4, -0.2) is 103 Å². The number of aliphatic carboxylic acids is 1. The number of aliphatic hydroxyl groups excluding tert-OH is 6. The van der Waals surface area contributed by atoms with Gasteiger partial charge < -0.3 is 50.0 Å². The van der Waals surface area contributed by atoms with Gasteiger partial charge >= 0.3 is 5.97 Å². The Labute approximate surface area is 130 Å². The smallest absolute Gasteiger partial charge is 0.335 e. The zero-order valence-electron chi connectivity index (χ0n) is 12.0. The molecule has 7 N–H and O–H groups in total. The van der Waals surface area contributed by atoms with Crippen LogP contribution in [0.3, 0.4) is 0 Å². The lowest BCUT2D eigenvalue weighted by Gasteiger charge is -2.41. The second-order valence-corrected chi connectivity index (χ2v) is 5.19. The quantitative estimate of drug-likeness (QED) is 0.221. The van der Waals surface area contributed by atoms with Crippen LogP contribution in [0.15, 0.2) is 0 Å². The number of rotatable bonds is 7. The van der Waals surface area contributed by atoms with E-state index in [-0.39, 0.29) is 6.29 Å². The van der Waals surface area contributed by atoms with E-state index in [0.29, 0.717) is 0 Å². The Bertz CT molecular complexity index is 414. The molecule has 0 saturated carbocycles. The minimum absolute atomic E-state index is 0.0137. The van der Waals surface area contributed by atoms with E-state index in [1.165, 1.54) is 0 Å². The number of carboxylic acids is 1. The van der Waals surface area contributed by atoms with Gasteiger partial charge in [0, 0.05) is 0 Å². The number of aliphatic hydroxyl groups is 6. The van der Waals surface area contributed by atoms with E-state index in [0.717, 1.165) is 6.92 Å². The van der Waals surface area contributed by atoms with Crippen molar-refractivity contribution in [3.05, 3.63) is 0 Å². The van der Waals surface area contributed by atoms with Crippen molar-refractivity contribution in [3.8, 4) is 0 Å². The summed E-state index contributed by atoms with van der Waals surface area (Å²) in [6, 6.07) is 0. The van der Waals surface area contributed by atoms with E-state index < -0.39 is 61.1 Å². The predicted molar refractivity (Wildman–Crippen MR) is 68.9 cm³/mol. The molecule has 0 aromatic heterocycles. The molecule has 1 saturated heterocycles. The fraction of sp³-hybridized carbons (Fsp3) is 0.833. The SMILES string of the molecule is C[C@H](O)[C@H](OC1O[C@H](C(=O)O)[C@@H](O)[C@H](O)[C@H]1O)[C@@H](O)[C@@H](O)C=O. The van der Waals surface area contributed by atoms with Crippen molar-refractivity contribution in [1.29, 1.82) is 0 Å². The van der Waals surface area contributed by atoms with E-state index in [4.69, 9.17) is 14.6 Å². The van der Waals surface area contributed by atoms with Crippen molar-refractivity contribution in [2.45, 2.75) is 62.0 Å². The monoisotopic (exact) mass is 340 g/mol. The summed E-state index contributed by atoms with van der Waals surface area (Å²) in [6.45, 7) is 1.14. The van der Waals surface area contributed by atoms with E-state index in [9.17, 15) is 40.2 Å². The van der Waals surface area contributed by atoms with Gasteiger partial charge in [-0.25, -0.2) is 4.79 Å². The van der Waals surface area contributed by atoms with Gasteiger partial charge in [0.25, 0.3) is 0 Å². The van der Waals surface area contributed by atoms with Crippen molar-refractivity contribution in [2.24, 2.45) is 0 Å². The fourth-order valence-electron chi connectivity index (χ4n) is 2.07. The van der Waals surface area contributed by atoms with Crippen molar-refractivity contribution in [2.75, 3.05) is 0 Å². The third kappa shape index (κ3) is 4.43. The fourth-order valence-corrected chi connectivity index (χ4v) is 2.07. The van der Waals surface area contributed by atoms with Gasteiger partial charge in [0.2, 0.25) is 0 Å². The largest absolute Gasteiger partial charge is 0.479 e. The minimum atomic E-state index is -1.93. The van der Waals surface area contributed by atoms with Gasteiger partial charge in [-0.05, 0) is 6.92 Å². The summed E-state index contributed by atoms with van der Waals surface area (Å²) >= 11 is 0. The Hall–Kier alpha value is -1.18. The molecule has 11 nitrogen and oxygen atoms in total. The number of hydrogen-bond donors (Lipinski definition) is 7. The first-order valence-corrected chi connectivity index (χ1v) is 6.69. The first kappa shape index (κ1) is 19.9. The number of hydrogen-bond acceptors (Lipinski definition) is 10. The molecule has 0 amide bonds. The van der Waals surface area contributed by atoms with Crippen LogP contribution in [0.5, 0.6) is 0 Å². The maximum absolute atomic E-state index is 11.0. The molecule has 0 radical (unpaired) electrons. The lowest BCUT2D eigenvalue weighted by molar-refractivity contribution is -0.318. The summed E-state index contributed by atoms with van der Waals surface area (Å²) in [4.78, 5) is 21.4. The van der Waals surface area contributed by atoms with Crippen molar-refractivity contribution in [3.63, 3.8) is 0 Å². The van der Waals surface area contributed by atoms with Crippen LogP contribution in [0.1, 0.15) is 6.92 Å². The molecule has 0 aromatic rings. The Morgan fingerprint density at radius 3 is 2.13 bits per heavy atom. The molecular formula is C12H20O11. The van der Waals surface area contributed by atoms with Crippen LogP contribution in [0.25, 0.3) is 0 Å². The highest BCUT2D eigenvalue weighted by Crippen LogP contribution is 2.25. The van der Waals surface area contributed by atoms with E-state index in [2.05, 4.69) is 0 Å². The van der Waals surface area contributed by atoms with Gasteiger partial charge in [0.05, 0.1) is 6.10 Å². The van der Waals surface area contributed by atoms with Crippen molar-refractivity contribution < 1.29 is 54.8 Å². The lowest BCUT2D eigenvalue weighted by Crippen LogP contribution is -2.62. The summed E-state index contributed by atoms with van der Waals surface area (Å²) < 4.78 is 9.84. The summed E-state index contributed by atoms with van der Waals surface area (Å²) in [5.74, 6) is -1.64. The van der Waals surface area contributed by atoms with Crippen LogP contribution < -0.4 is 0 Å². The number of aldehydes is 1. The molecule has 0 aliphatic carbocycles. The number of ether oxygens (including phenoxy) is 2. The number of carbonyl (C=O) groups is 2. The molecule has 23 heavy (non-hydrogen) atoms. The molecule has 0 spiro atoms. The number of carboxylic acid groups (broad SMARTS) is 1. The molecule has 0 bridgehead atoms. The highest BCUT2D eigenvalue weighted by Gasteiger charge is 2.49. The molecular weight excluding hydrogens is 320 g/mol. The molecule has 1 rings (SSSR count). The Morgan fingerprint density at radius 2 is 1.70 bits per heavy atom. The standard InChI is InChI=1S/C12H20O11/c1-3(14)9(5(16)4(15)2-13)22-12-8(19)6(17)7(18)10(23-12)11(20)21/h2-10,12,14-19H,1H3,(H,20,21)/t3-,4-,5-,6-,7-,8+,9-,10-,12?/m0/s1. The topological polar surface area (TPSA) is 194 Å². The molecule has 11 heteroatoms. The molecule has 1 aliphatic rings. The summed E-state index contributed by atoms with van der Waals surface area (Å²) in [6.07, 6.45) is -16.5. The molecule has 1 heterocycles. The van der Waals surface area contributed by atoms with Crippen molar-refractivity contribution >= 4 is 12.3 Å². The predicted octanol–water partition coefficient (Wildman–Crippen LogP) is -4.43. The highest BCUT2D eigenvalue weighted by atomic mass is 16.7. The Morgan fingerprint density at radius 1 is 1.13 bits per heavy atom. The van der Waals surface area contributed by atoms with Crippen LogP contribution >= 0.6 is 0 Å². The Kier molecular flexibility index (Phi) is 6.98. The van der Waals surface area contributed by atoms with Crippen LogP contribution in [-0.2, 0) is 19.1 Å². The van der Waals surface area contributed by atoms with Gasteiger partial charge in [-0.1, -0.05) is 0 Å². The lowest BCUT2D eigenvalue weighted by atomic mass is 9.98. The van der Waals surface area contributed by atoms with Gasteiger partial charge in [0.15, 0.2) is 18.7 Å². The molecule has 0 aromatic carbocycles. The van der Waals surface area contributed by atoms with E-state index in [1.807, 2.05) is 0 Å². The minimum Gasteiger partial charge on any atom is -0.479 e. The molecule has 1 aliphatic heterocycles. The van der Waals surface area contributed by atoms with Gasteiger partial charge in [-0.15, -0.1) is 0 Å². The van der Waals surface area contributed by atoms with Gasteiger partial charge in [-0.2, -0.15) is 0 Å². The van der Waals surface area contributed by atoms with Crippen molar-refractivity contribution in [1.82, 2.24) is 0 Å². The zero-order chi connectivity index (χ0) is 17.9. The summed E-state index contributed by atoms with van der Waals surface area (Å²) in [5.41, 5.74) is 0. The third-order valence-electron chi connectivity index (χ3n) is 3.41. The highest BCUT2D eigenvalue weighted by molar-refractivity contribution is 5.73.